The highest BCUT2D eigenvalue weighted by Crippen LogP contribution is 2.25. The molecular formula is C17H27N3O. The molecule has 4 heteroatoms. The van der Waals surface area contributed by atoms with Crippen LogP contribution in [-0.2, 0) is 6.54 Å². The van der Waals surface area contributed by atoms with E-state index in [0.717, 1.165) is 37.0 Å². The lowest BCUT2D eigenvalue weighted by Gasteiger charge is -2.21. The summed E-state index contributed by atoms with van der Waals surface area (Å²) in [6, 6.07) is 7.96. The van der Waals surface area contributed by atoms with Crippen LogP contribution in [0.4, 0.5) is 0 Å². The molecule has 1 aromatic carbocycles. The van der Waals surface area contributed by atoms with Crippen LogP contribution in [0.15, 0.2) is 29.4 Å². The normalized spacial score (nSPS) is 21.5. The maximum atomic E-state index is 8.77. The van der Waals surface area contributed by atoms with Gasteiger partial charge in [-0.15, -0.1) is 0 Å². The third kappa shape index (κ3) is 4.46. The molecule has 21 heavy (non-hydrogen) atoms. The highest BCUT2D eigenvalue weighted by atomic mass is 16.4. The number of likely N-dealkylation sites (tertiary alicyclic amines) is 1. The predicted molar refractivity (Wildman–Crippen MR) is 86.4 cm³/mol. The summed E-state index contributed by atoms with van der Waals surface area (Å²) in [4.78, 5) is 2.52. The molecule has 0 radical (unpaired) electrons. The van der Waals surface area contributed by atoms with Crippen molar-refractivity contribution in [2.45, 2.75) is 39.7 Å². The molecule has 1 unspecified atom stereocenters. The van der Waals surface area contributed by atoms with Crippen LogP contribution >= 0.6 is 0 Å². The predicted octanol–water partition coefficient (Wildman–Crippen LogP) is 3.04. The summed E-state index contributed by atoms with van der Waals surface area (Å²) in [5, 5.41) is 11.8. The molecule has 1 heterocycles. The van der Waals surface area contributed by atoms with Gasteiger partial charge in [0.15, 0.2) is 5.84 Å². The van der Waals surface area contributed by atoms with Crippen LogP contribution in [0.2, 0.25) is 0 Å². The number of nitrogens with zero attached hydrogens (tertiary/aromatic N) is 2. The number of oxime groups is 1. The van der Waals surface area contributed by atoms with E-state index >= 15 is 0 Å². The van der Waals surface area contributed by atoms with Gasteiger partial charge in [0.05, 0.1) is 0 Å². The van der Waals surface area contributed by atoms with Crippen molar-refractivity contribution in [1.82, 2.24) is 4.90 Å². The number of benzene rings is 1. The number of hydrogen-bond donors (Lipinski definition) is 2. The van der Waals surface area contributed by atoms with E-state index in [1.807, 2.05) is 18.2 Å². The van der Waals surface area contributed by atoms with Gasteiger partial charge in [-0.25, -0.2) is 0 Å². The molecule has 2 rings (SSSR count). The maximum absolute atomic E-state index is 8.77. The summed E-state index contributed by atoms with van der Waals surface area (Å²) < 4.78 is 0. The molecule has 1 aliphatic heterocycles. The Labute approximate surface area is 127 Å². The van der Waals surface area contributed by atoms with Crippen molar-refractivity contribution < 1.29 is 5.21 Å². The lowest BCUT2D eigenvalue weighted by molar-refractivity contribution is 0.265. The number of amidine groups is 1. The van der Waals surface area contributed by atoms with Crippen LogP contribution in [0.1, 0.15) is 44.2 Å². The van der Waals surface area contributed by atoms with Crippen LogP contribution in [-0.4, -0.2) is 29.0 Å². The Bertz CT molecular complexity index is 485. The fourth-order valence-corrected chi connectivity index (χ4v) is 3.15. The first kappa shape index (κ1) is 15.8. The summed E-state index contributed by atoms with van der Waals surface area (Å²) in [7, 11) is 0. The Hall–Kier alpha value is -1.55. The Balaban J connectivity index is 1.98. The van der Waals surface area contributed by atoms with Crippen LogP contribution in [0.3, 0.4) is 0 Å². The Morgan fingerprint density at radius 1 is 1.38 bits per heavy atom. The summed E-state index contributed by atoms with van der Waals surface area (Å²) in [5.74, 6) is 1.82. The second kappa shape index (κ2) is 7.46. The lowest BCUT2D eigenvalue weighted by Crippen LogP contribution is -2.25. The minimum absolute atomic E-state index is 0.174. The zero-order valence-corrected chi connectivity index (χ0v) is 13.1. The highest BCUT2D eigenvalue weighted by molar-refractivity contribution is 5.97. The molecule has 0 aliphatic carbocycles. The van der Waals surface area contributed by atoms with Crippen LogP contribution in [0, 0.1) is 11.8 Å². The molecule has 0 spiro atoms. The zero-order valence-electron chi connectivity index (χ0n) is 13.1. The van der Waals surface area contributed by atoms with Crippen molar-refractivity contribution in [1.29, 1.82) is 0 Å². The highest BCUT2D eigenvalue weighted by Gasteiger charge is 2.19. The third-order valence-corrected chi connectivity index (χ3v) is 4.54. The van der Waals surface area contributed by atoms with E-state index in [4.69, 9.17) is 10.9 Å². The van der Waals surface area contributed by atoms with Crippen molar-refractivity contribution in [2.24, 2.45) is 22.7 Å². The molecule has 1 aliphatic rings. The number of hydrogen-bond acceptors (Lipinski definition) is 3. The molecule has 0 bridgehead atoms. The van der Waals surface area contributed by atoms with Gasteiger partial charge in [0.2, 0.25) is 0 Å². The van der Waals surface area contributed by atoms with Crippen molar-refractivity contribution in [2.75, 3.05) is 13.1 Å². The minimum atomic E-state index is 0.174. The maximum Gasteiger partial charge on any atom is 0.170 e. The first-order valence-electron chi connectivity index (χ1n) is 7.89. The molecule has 0 saturated carbocycles. The van der Waals surface area contributed by atoms with Gasteiger partial charge >= 0.3 is 0 Å². The summed E-state index contributed by atoms with van der Waals surface area (Å²) >= 11 is 0. The Morgan fingerprint density at radius 3 is 2.90 bits per heavy atom. The topological polar surface area (TPSA) is 61.8 Å². The Kier molecular flexibility index (Phi) is 5.62. The largest absolute Gasteiger partial charge is 0.409 e. The molecule has 1 aromatic rings. The van der Waals surface area contributed by atoms with Gasteiger partial charge in [0, 0.05) is 12.1 Å². The molecule has 1 saturated heterocycles. The standard InChI is InChI=1S/C17H27N3O/c1-13(2)15-7-4-9-20(10-8-15)12-14-5-3-6-16(11-14)17(18)19-21/h3,5-6,11,13,15,21H,4,7-10,12H2,1-2H3,(H2,18,19). The van der Waals surface area contributed by atoms with E-state index in [1.165, 1.54) is 24.8 Å². The van der Waals surface area contributed by atoms with E-state index in [9.17, 15) is 0 Å². The van der Waals surface area contributed by atoms with Crippen molar-refractivity contribution in [3.63, 3.8) is 0 Å². The van der Waals surface area contributed by atoms with Gasteiger partial charge in [-0.2, -0.15) is 0 Å². The van der Waals surface area contributed by atoms with Gasteiger partial charge in [0.25, 0.3) is 0 Å². The van der Waals surface area contributed by atoms with Gasteiger partial charge in [-0.05, 0) is 55.8 Å². The minimum Gasteiger partial charge on any atom is -0.409 e. The van der Waals surface area contributed by atoms with E-state index in [1.54, 1.807) is 0 Å². The molecule has 4 nitrogen and oxygen atoms in total. The van der Waals surface area contributed by atoms with Gasteiger partial charge < -0.3 is 10.9 Å². The smallest absolute Gasteiger partial charge is 0.170 e. The number of nitrogens with two attached hydrogens (primary N) is 1. The molecule has 0 aromatic heterocycles. The quantitative estimate of drug-likeness (QED) is 0.387. The third-order valence-electron chi connectivity index (χ3n) is 4.54. The molecule has 0 amide bonds. The van der Waals surface area contributed by atoms with Crippen molar-refractivity contribution in [3.05, 3.63) is 35.4 Å². The monoisotopic (exact) mass is 289 g/mol. The van der Waals surface area contributed by atoms with Crippen molar-refractivity contribution in [3.8, 4) is 0 Å². The molecule has 1 fully saturated rings. The summed E-state index contributed by atoms with van der Waals surface area (Å²) in [6.45, 7) is 7.94. The molecule has 116 valence electrons. The lowest BCUT2D eigenvalue weighted by atomic mass is 9.89. The van der Waals surface area contributed by atoms with Gasteiger partial charge in [-0.3, -0.25) is 4.90 Å². The van der Waals surface area contributed by atoms with Crippen LogP contribution in [0.5, 0.6) is 0 Å². The second-order valence-electron chi connectivity index (χ2n) is 6.40. The Morgan fingerprint density at radius 2 is 2.19 bits per heavy atom. The molecule has 3 N–H and O–H groups in total. The second-order valence-corrected chi connectivity index (χ2v) is 6.40. The SMILES string of the molecule is CC(C)C1CCCN(Cc2cccc(C(N)=NO)c2)CC1. The fourth-order valence-electron chi connectivity index (χ4n) is 3.15. The van der Waals surface area contributed by atoms with Gasteiger partial charge in [-0.1, -0.05) is 37.2 Å². The van der Waals surface area contributed by atoms with E-state index in [0.29, 0.717) is 0 Å². The molecule has 1 atom stereocenters. The molecular weight excluding hydrogens is 262 g/mol. The average Bonchev–Trinajstić information content (AvgIpc) is 2.72. The zero-order chi connectivity index (χ0) is 15.2. The summed E-state index contributed by atoms with van der Waals surface area (Å²) in [6.07, 6.45) is 3.92. The first-order chi connectivity index (χ1) is 10.1. The average molecular weight is 289 g/mol. The van der Waals surface area contributed by atoms with Crippen molar-refractivity contribution >= 4 is 5.84 Å². The van der Waals surface area contributed by atoms with E-state index in [-0.39, 0.29) is 5.84 Å². The van der Waals surface area contributed by atoms with Crippen LogP contribution in [0.25, 0.3) is 0 Å². The fraction of sp³-hybridized carbons (Fsp3) is 0.588. The van der Waals surface area contributed by atoms with Crippen LogP contribution < -0.4 is 5.73 Å². The summed E-state index contributed by atoms with van der Waals surface area (Å²) in [5.41, 5.74) is 7.67. The van der Waals surface area contributed by atoms with E-state index < -0.39 is 0 Å². The first-order valence-corrected chi connectivity index (χ1v) is 7.89. The van der Waals surface area contributed by atoms with E-state index in [2.05, 4.69) is 30.0 Å². The number of rotatable bonds is 4. The van der Waals surface area contributed by atoms with Gasteiger partial charge in [0.1, 0.15) is 0 Å².